The molecular formula is C11H14N6O2. The number of hydrogen-bond acceptors (Lipinski definition) is 5. The maximum atomic E-state index is 11.5. The first-order valence-electron chi connectivity index (χ1n) is 6.11. The van der Waals surface area contributed by atoms with E-state index in [0.29, 0.717) is 30.3 Å². The predicted molar refractivity (Wildman–Crippen MR) is 68.0 cm³/mol. The minimum Gasteiger partial charge on any atom is -0.368 e. The third-order valence-electron chi connectivity index (χ3n) is 3.18. The highest BCUT2D eigenvalue weighted by atomic mass is 16.2. The normalized spacial score (nSPS) is 18.8. The minimum absolute atomic E-state index is 0.0882. The number of nitrogens with one attached hydrogen (secondary N) is 3. The molecule has 1 fully saturated rings. The van der Waals surface area contributed by atoms with E-state index >= 15 is 0 Å². The van der Waals surface area contributed by atoms with Crippen LogP contribution in [-0.4, -0.2) is 38.1 Å². The number of H-pyrrole nitrogens is 1. The fourth-order valence-corrected chi connectivity index (χ4v) is 2.25. The second kappa shape index (κ2) is 4.38. The molecule has 8 nitrogen and oxygen atoms in total. The number of carbonyl (C=O) groups is 1. The van der Waals surface area contributed by atoms with Crippen molar-refractivity contribution in [3.63, 3.8) is 0 Å². The lowest BCUT2D eigenvalue weighted by Gasteiger charge is -2.12. The quantitative estimate of drug-likeness (QED) is 0.686. The summed E-state index contributed by atoms with van der Waals surface area (Å²) in [5, 5.41) is 12.3. The van der Waals surface area contributed by atoms with E-state index < -0.39 is 0 Å². The molecule has 1 amide bonds. The maximum Gasteiger partial charge on any atom is 0.349 e. The van der Waals surface area contributed by atoms with Crippen molar-refractivity contribution in [2.24, 2.45) is 0 Å². The van der Waals surface area contributed by atoms with E-state index in [1.807, 2.05) is 0 Å². The summed E-state index contributed by atoms with van der Waals surface area (Å²) in [5.41, 5.74) is 0.227. The number of aromatic nitrogens is 4. The van der Waals surface area contributed by atoms with E-state index in [4.69, 9.17) is 0 Å². The summed E-state index contributed by atoms with van der Waals surface area (Å²) in [4.78, 5) is 26.8. The number of nitrogens with zero attached hydrogens (tertiary/aromatic N) is 3. The molecule has 0 saturated carbocycles. The van der Waals surface area contributed by atoms with Crippen LogP contribution in [0.4, 0.5) is 5.82 Å². The first-order chi connectivity index (χ1) is 9.13. The van der Waals surface area contributed by atoms with Crippen LogP contribution < -0.4 is 16.3 Å². The van der Waals surface area contributed by atoms with Gasteiger partial charge >= 0.3 is 5.69 Å². The Morgan fingerprint density at radius 1 is 1.53 bits per heavy atom. The standard InChI is InChI=1S/C11H14N6O2/c1-6-13-8(4-9-15-16-11(19)17(6)9)12-5-7-2-3-10(18)14-7/h4,7,12H,2-3,5H2,1H3,(H,14,18)(H,16,19). The van der Waals surface area contributed by atoms with Gasteiger partial charge in [0.1, 0.15) is 11.6 Å². The summed E-state index contributed by atoms with van der Waals surface area (Å²) in [6.45, 7) is 2.36. The van der Waals surface area contributed by atoms with Crippen molar-refractivity contribution in [1.82, 2.24) is 24.9 Å². The van der Waals surface area contributed by atoms with Crippen molar-refractivity contribution in [2.75, 3.05) is 11.9 Å². The van der Waals surface area contributed by atoms with Crippen LogP contribution in [0.3, 0.4) is 0 Å². The van der Waals surface area contributed by atoms with Crippen molar-refractivity contribution in [2.45, 2.75) is 25.8 Å². The Labute approximate surface area is 108 Å². The molecule has 3 rings (SSSR count). The molecule has 0 aromatic carbocycles. The van der Waals surface area contributed by atoms with Gasteiger partial charge in [-0.15, -0.1) is 0 Å². The molecule has 3 N–H and O–H groups in total. The van der Waals surface area contributed by atoms with Gasteiger partial charge in [0.2, 0.25) is 5.91 Å². The molecule has 1 aliphatic heterocycles. The van der Waals surface area contributed by atoms with E-state index in [0.717, 1.165) is 6.42 Å². The van der Waals surface area contributed by atoms with Gasteiger partial charge in [-0.3, -0.25) is 4.79 Å². The van der Waals surface area contributed by atoms with E-state index in [1.54, 1.807) is 13.0 Å². The highest BCUT2D eigenvalue weighted by Gasteiger charge is 2.20. The molecule has 8 heteroatoms. The molecular weight excluding hydrogens is 248 g/mol. The molecule has 2 aromatic rings. The van der Waals surface area contributed by atoms with Crippen molar-refractivity contribution in [1.29, 1.82) is 0 Å². The number of fused-ring (bicyclic) bond motifs is 1. The smallest absolute Gasteiger partial charge is 0.349 e. The number of aryl methyl sites for hydroxylation is 1. The average molecular weight is 262 g/mol. The molecule has 1 aliphatic rings. The molecule has 0 radical (unpaired) electrons. The zero-order valence-electron chi connectivity index (χ0n) is 10.4. The summed E-state index contributed by atoms with van der Waals surface area (Å²) in [6, 6.07) is 1.83. The van der Waals surface area contributed by atoms with Crippen LogP contribution in [-0.2, 0) is 4.79 Å². The van der Waals surface area contributed by atoms with Crippen LogP contribution in [0.2, 0.25) is 0 Å². The molecule has 19 heavy (non-hydrogen) atoms. The second-order valence-electron chi connectivity index (χ2n) is 4.59. The number of rotatable bonds is 3. The zero-order chi connectivity index (χ0) is 13.4. The highest BCUT2D eigenvalue weighted by molar-refractivity contribution is 5.78. The Kier molecular flexibility index (Phi) is 2.69. The number of aromatic amines is 1. The Bertz CT molecular complexity index is 688. The molecule has 100 valence electrons. The number of hydrogen-bond donors (Lipinski definition) is 3. The van der Waals surface area contributed by atoms with Crippen LogP contribution >= 0.6 is 0 Å². The largest absolute Gasteiger partial charge is 0.368 e. The molecule has 1 saturated heterocycles. The van der Waals surface area contributed by atoms with E-state index in [1.165, 1.54) is 4.40 Å². The lowest BCUT2D eigenvalue weighted by Crippen LogP contribution is -2.32. The topological polar surface area (TPSA) is 104 Å². The van der Waals surface area contributed by atoms with E-state index in [9.17, 15) is 9.59 Å². The fourth-order valence-electron chi connectivity index (χ4n) is 2.25. The SMILES string of the molecule is Cc1nc(NCC2CCC(=O)N2)cc2n[nH]c(=O)n12. The van der Waals surface area contributed by atoms with Crippen LogP contribution in [0.15, 0.2) is 10.9 Å². The Morgan fingerprint density at radius 3 is 3.11 bits per heavy atom. The Hall–Kier alpha value is -2.38. The van der Waals surface area contributed by atoms with Gasteiger partial charge in [0.25, 0.3) is 0 Å². The summed E-state index contributed by atoms with van der Waals surface area (Å²) < 4.78 is 1.41. The van der Waals surface area contributed by atoms with Crippen LogP contribution in [0.1, 0.15) is 18.7 Å². The molecule has 3 heterocycles. The average Bonchev–Trinajstić information content (AvgIpc) is 2.94. The molecule has 2 aromatic heterocycles. The van der Waals surface area contributed by atoms with Gasteiger partial charge in [0.05, 0.1) is 0 Å². The van der Waals surface area contributed by atoms with Gasteiger partial charge < -0.3 is 10.6 Å². The summed E-state index contributed by atoms with van der Waals surface area (Å²) in [5.74, 6) is 1.30. The predicted octanol–water partition coefficient (Wildman–Crippen LogP) is -0.583. The van der Waals surface area contributed by atoms with Gasteiger partial charge in [-0.1, -0.05) is 0 Å². The Morgan fingerprint density at radius 2 is 2.37 bits per heavy atom. The molecule has 1 unspecified atom stereocenters. The lowest BCUT2D eigenvalue weighted by molar-refractivity contribution is -0.119. The van der Waals surface area contributed by atoms with E-state index in [-0.39, 0.29) is 17.6 Å². The van der Waals surface area contributed by atoms with Crippen LogP contribution in [0.25, 0.3) is 5.65 Å². The maximum absolute atomic E-state index is 11.5. The monoisotopic (exact) mass is 262 g/mol. The van der Waals surface area contributed by atoms with Crippen molar-refractivity contribution in [3.05, 3.63) is 22.4 Å². The van der Waals surface area contributed by atoms with Gasteiger partial charge in [-0.05, 0) is 13.3 Å². The fraction of sp³-hybridized carbons (Fsp3) is 0.455. The molecule has 1 atom stereocenters. The first kappa shape index (κ1) is 11.7. The van der Waals surface area contributed by atoms with Gasteiger partial charge in [0.15, 0.2) is 5.65 Å². The van der Waals surface area contributed by atoms with Gasteiger partial charge in [0, 0.05) is 25.1 Å². The first-order valence-corrected chi connectivity index (χ1v) is 6.11. The Balaban J connectivity index is 1.78. The molecule has 0 spiro atoms. The van der Waals surface area contributed by atoms with Crippen LogP contribution in [0, 0.1) is 6.92 Å². The van der Waals surface area contributed by atoms with Crippen molar-refractivity contribution in [3.8, 4) is 0 Å². The van der Waals surface area contributed by atoms with Gasteiger partial charge in [-0.2, -0.15) is 5.10 Å². The summed E-state index contributed by atoms with van der Waals surface area (Å²) >= 11 is 0. The zero-order valence-corrected chi connectivity index (χ0v) is 10.4. The number of amides is 1. The lowest BCUT2D eigenvalue weighted by atomic mass is 10.2. The summed E-state index contributed by atoms with van der Waals surface area (Å²) in [7, 11) is 0. The van der Waals surface area contributed by atoms with Crippen molar-refractivity contribution >= 4 is 17.4 Å². The number of carbonyl (C=O) groups excluding carboxylic acids is 1. The minimum atomic E-state index is -0.297. The highest BCUT2D eigenvalue weighted by Crippen LogP contribution is 2.10. The summed E-state index contributed by atoms with van der Waals surface area (Å²) in [6.07, 6.45) is 1.40. The third kappa shape index (κ3) is 2.16. The van der Waals surface area contributed by atoms with Crippen molar-refractivity contribution < 1.29 is 4.79 Å². The van der Waals surface area contributed by atoms with Gasteiger partial charge in [-0.25, -0.2) is 19.3 Å². The molecule has 0 aliphatic carbocycles. The third-order valence-corrected chi connectivity index (χ3v) is 3.18. The van der Waals surface area contributed by atoms with Crippen LogP contribution in [0.5, 0.6) is 0 Å². The molecule has 0 bridgehead atoms. The number of anilines is 1. The second-order valence-corrected chi connectivity index (χ2v) is 4.59. The van der Waals surface area contributed by atoms with E-state index in [2.05, 4.69) is 25.8 Å².